The van der Waals surface area contributed by atoms with Gasteiger partial charge in [0, 0.05) is 26.4 Å². The third-order valence-corrected chi connectivity index (χ3v) is 1.85. The number of nitrogens with two attached hydrogens (primary N) is 1. The first-order valence-electron chi connectivity index (χ1n) is 4.77. The molecule has 0 saturated carbocycles. The average Bonchev–Trinajstić information content (AvgIpc) is 2.67. The van der Waals surface area contributed by atoms with Gasteiger partial charge in [0.2, 0.25) is 0 Å². The molecular weight excluding hydrogens is 196 g/mol. The maximum absolute atomic E-state index is 11.5. The van der Waals surface area contributed by atoms with Crippen LogP contribution < -0.4 is 11.1 Å². The summed E-state index contributed by atoms with van der Waals surface area (Å²) in [6.45, 7) is 2.12. The monoisotopic (exact) mass is 212 g/mol. The summed E-state index contributed by atoms with van der Waals surface area (Å²) in [5, 5.41) is 6.71. The molecule has 6 heteroatoms. The van der Waals surface area contributed by atoms with E-state index in [1.165, 1.54) is 6.20 Å². The maximum Gasteiger partial charge on any atom is 0.254 e. The summed E-state index contributed by atoms with van der Waals surface area (Å²) in [6, 6.07) is 0. The number of amides is 1. The lowest BCUT2D eigenvalue weighted by atomic mass is 10.3. The first kappa shape index (κ1) is 11.7. The van der Waals surface area contributed by atoms with Gasteiger partial charge in [0.25, 0.3) is 5.91 Å². The van der Waals surface area contributed by atoms with E-state index in [4.69, 9.17) is 10.5 Å². The highest BCUT2D eigenvalue weighted by Gasteiger charge is 2.06. The van der Waals surface area contributed by atoms with Crippen molar-refractivity contribution >= 4 is 5.91 Å². The Hall–Kier alpha value is -1.40. The van der Waals surface area contributed by atoms with Crippen LogP contribution in [-0.2, 0) is 11.3 Å². The van der Waals surface area contributed by atoms with E-state index in [-0.39, 0.29) is 5.91 Å². The Morgan fingerprint density at radius 2 is 2.53 bits per heavy atom. The molecule has 0 aromatic carbocycles. The van der Waals surface area contributed by atoms with Gasteiger partial charge in [-0.1, -0.05) is 0 Å². The van der Waals surface area contributed by atoms with Gasteiger partial charge >= 0.3 is 0 Å². The third-order valence-electron chi connectivity index (χ3n) is 1.85. The molecule has 0 aliphatic carbocycles. The van der Waals surface area contributed by atoms with Crippen molar-refractivity contribution in [3.8, 4) is 0 Å². The average molecular weight is 212 g/mol. The summed E-state index contributed by atoms with van der Waals surface area (Å²) in [4.78, 5) is 11.5. The van der Waals surface area contributed by atoms with E-state index in [1.54, 1.807) is 18.0 Å². The number of aromatic nitrogens is 2. The van der Waals surface area contributed by atoms with Crippen LogP contribution in [0.5, 0.6) is 0 Å². The van der Waals surface area contributed by atoms with Crippen LogP contribution in [0, 0.1) is 0 Å². The van der Waals surface area contributed by atoms with Crippen molar-refractivity contribution in [1.29, 1.82) is 0 Å². The smallest absolute Gasteiger partial charge is 0.254 e. The predicted molar refractivity (Wildman–Crippen MR) is 55.5 cm³/mol. The Morgan fingerprint density at radius 3 is 3.20 bits per heavy atom. The van der Waals surface area contributed by atoms with E-state index in [9.17, 15) is 4.79 Å². The first-order valence-corrected chi connectivity index (χ1v) is 4.77. The minimum absolute atomic E-state index is 0.143. The van der Waals surface area contributed by atoms with Gasteiger partial charge in [0.1, 0.15) is 0 Å². The van der Waals surface area contributed by atoms with Crippen LogP contribution >= 0.6 is 0 Å². The number of nitrogens with zero attached hydrogens (tertiary/aromatic N) is 2. The van der Waals surface area contributed by atoms with Gasteiger partial charge in [-0.2, -0.15) is 5.10 Å². The molecule has 0 aliphatic rings. The Morgan fingerprint density at radius 1 is 1.73 bits per heavy atom. The normalized spacial score (nSPS) is 10.3. The van der Waals surface area contributed by atoms with Gasteiger partial charge in [0.05, 0.1) is 24.9 Å². The standard InChI is InChI=1S/C9H16N4O2/c1-15-5-3-11-9(14)8-6-12-13(7-8)4-2-10/h6-7H,2-5,10H2,1H3,(H,11,14). The fourth-order valence-corrected chi connectivity index (χ4v) is 1.10. The molecule has 1 rings (SSSR count). The van der Waals surface area contributed by atoms with Crippen molar-refractivity contribution in [3.63, 3.8) is 0 Å². The molecule has 0 saturated heterocycles. The van der Waals surface area contributed by atoms with Gasteiger partial charge in [0.15, 0.2) is 0 Å². The lowest BCUT2D eigenvalue weighted by molar-refractivity contribution is 0.0937. The van der Waals surface area contributed by atoms with Gasteiger partial charge in [-0.3, -0.25) is 9.48 Å². The van der Waals surface area contributed by atoms with Gasteiger partial charge in [-0.25, -0.2) is 0 Å². The summed E-state index contributed by atoms with van der Waals surface area (Å²) in [6.07, 6.45) is 3.20. The van der Waals surface area contributed by atoms with Gasteiger partial charge < -0.3 is 15.8 Å². The second-order valence-corrected chi connectivity index (χ2v) is 3.03. The molecule has 0 radical (unpaired) electrons. The Kier molecular flexibility index (Phi) is 4.79. The quantitative estimate of drug-likeness (QED) is 0.606. The van der Waals surface area contributed by atoms with Gasteiger partial charge in [-0.05, 0) is 0 Å². The van der Waals surface area contributed by atoms with Crippen LogP contribution in [0.15, 0.2) is 12.4 Å². The van der Waals surface area contributed by atoms with Crippen LogP contribution in [0.2, 0.25) is 0 Å². The Balaban J connectivity index is 2.43. The largest absolute Gasteiger partial charge is 0.383 e. The summed E-state index contributed by atoms with van der Waals surface area (Å²) in [5.41, 5.74) is 5.91. The van der Waals surface area contributed by atoms with E-state index in [1.807, 2.05) is 0 Å². The Bertz CT molecular complexity index is 311. The maximum atomic E-state index is 11.5. The molecule has 0 aliphatic heterocycles. The second-order valence-electron chi connectivity index (χ2n) is 3.03. The summed E-state index contributed by atoms with van der Waals surface area (Å²) >= 11 is 0. The lowest BCUT2D eigenvalue weighted by Gasteiger charge is -2.01. The molecule has 0 fully saturated rings. The number of nitrogens with one attached hydrogen (secondary N) is 1. The highest BCUT2D eigenvalue weighted by Crippen LogP contribution is 1.96. The van der Waals surface area contributed by atoms with Crippen LogP contribution in [0.3, 0.4) is 0 Å². The summed E-state index contributed by atoms with van der Waals surface area (Å²) in [7, 11) is 1.59. The summed E-state index contributed by atoms with van der Waals surface area (Å²) in [5.74, 6) is -0.143. The molecule has 15 heavy (non-hydrogen) atoms. The third kappa shape index (κ3) is 3.69. The zero-order chi connectivity index (χ0) is 11.1. The molecule has 0 bridgehead atoms. The number of methoxy groups -OCH3 is 1. The SMILES string of the molecule is COCCNC(=O)c1cnn(CCN)c1. The van der Waals surface area contributed by atoms with E-state index in [0.29, 0.717) is 31.8 Å². The zero-order valence-corrected chi connectivity index (χ0v) is 8.77. The molecule has 6 nitrogen and oxygen atoms in total. The number of hydrogen-bond acceptors (Lipinski definition) is 4. The van der Waals surface area contributed by atoms with Crippen LogP contribution in [0.4, 0.5) is 0 Å². The molecule has 1 aromatic rings. The zero-order valence-electron chi connectivity index (χ0n) is 8.77. The number of rotatable bonds is 6. The topological polar surface area (TPSA) is 82.2 Å². The minimum Gasteiger partial charge on any atom is -0.383 e. The van der Waals surface area contributed by atoms with Crippen molar-refractivity contribution in [1.82, 2.24) is 15.1 Å². The van der Waals surface area contributed by atoms with Gasteiger partial charge in [-0.15, -0.1) is 0 Å². The first-order chi connectivity index (χ1) is 7.27. The molecule has 1 heterocycles. The molecule has 1 aromatic heterocycles. The van der Waals surface area contributed by atoms with E-state index >= 15 is 0 Å². The molecule has 1 amide bonds. The minimum atomic E-state index is -0.143. The molecule has 0 unspecified atom stereocenters. The van der Waals surface area contributed by atoms with Crippen molar-refractivity contribution in [2.75, 3.05) is 26.8 Å². The highest BCUT2D eigenvalue weighted by atomic mass is 16.5. The molecule has 3 N–H and O–H groups in total. The molecular formula is C9H16N4O2. The fourth-order valence-electron chi connectivity index (χ4n) is 1.10. The number of carbonyl (C=O) groups excluding carboxylic acids is 1. The Labute approximate surface area is 88.4 Å². The molecule has 84 valence electrons. The van der Waals surface area contributed by atoms with E-state index in [2.05, 4.69) is 10.4 Å². The van der Waals surface area contributed by atoms with Crippen LogP contribution in [0.25, 0.3) is 0 Å². The number of ether oxygens (including phenoxy) is 1. The van der Waals surface area contributed by atoms with Crippen molar-refractivity contribution < 1.29 is 9.53 Å². The van der Waals surface area contributed by atoms with E-state index in [0.717, 1.165) is 0 Å². The second kappa shape index (κ2) is 6.15. The lowest BCUT2D eigenvalue weighted by Crippen LogP contribution is -2.26. The highest BCUT2D eigenvalue weighted by molar-refractivity contribution is 5.93. The van der Waals surface area contributed by atoms with Crippen LogP contribution in [-0.4, -0.2) is 42.5 Å². The molecule has 0 spiro atoms. The van der Waals surface area contributed by atoms with Crippen LogP contribution in [0.1, 0.15) is 10.4 Å². The number of hydrogen-bond donors (Lipinski definition) is 2. The summed E-state index contributed by atoms with van der Waals surface area (Å²) < 4.78 is 6.46. The van der Waals surface area contributed by atoms with Crippen molar-refractivity contribution in [2.45, 2.75) is 6.54 Å². The number of carbonyl (C=O) groups is 1. The fraction of sp³-hybridized carbons (Fsp3) is 0.556. The van der Waals surface area contributed by atoms with Crippen molar-refractivity contribution in [3.05, 3.63) is 18.0 Å². The predicted octanol–water partition coefficient (Wildman–Crippen LogP) is -0.782. The van der Waals surface area contributed by atoms with E-state index < -0.39 is 0 Å². The molecule has 0 atom stereocenters. The van der Waals surface area contributed by atoms with Crippen molar-refractivity contribution in [2.24, 2.45) is 5.73 Å².